The minimum absolute atomic E-state index is 0. The second-order valence-electron chi connectivity index (χ2n) is 19.1. The summed E-state index contributed by atoms with van der Waals surface area (Å²) in [5, 5.41) is 14.9. The number of benzene rings is 2. The zero-order valence-electron chi connectivity index (χ0n) is 34.3. The van der Waals surface area contributed by atoms with Crippen molar-refractivity contribution in [3.05, 3.63) is 76.3 Å². The molecule has 3 fully saturated rings. The minimum atomic E-state index is -1.25. The van der Waals surface area contributed by atoms with Gasteiger partial charge in [0.05, 0.1) is 83.6 Å². The Hall–Kier alpha value is -2.17. The molecule has 0 amide bonds. The number of ether oxygens (including phenoxy) is 3. The number of quaternary nitrogens is 2. The second-order valence-corrected chi connectivity index (χ2v) is 19.1. The van der Waals surface area contributed by atoms with Crippen LogP contribution in [0.1, 0.15) is 66.9 Å². The number of para-hydroxylation sites is 1. The van der Waals surface area contributed by atoms with Crippen LogP contribution in [0.15, 0.2) is 48.2 Å². The number of hydrogen-bond donors (Lipinski definition) is 1. The fraction of sp³-hybridized carbons (Fsp3) is 0.578. The van der Waals surface area contributed by atoms with Crippen molar-refractivity contribution in [1.82, 2.24) is 9.13 Å². The van der Waals surface area contributed by atoms with Crippen LogP contribution in [-0.4, -0.2) is 95.4 Å². The third-order valence-corrected chi connectivity index (χ3v) is 16.3. The number of halogens is 2. The maximum atomic E-state index is 12.8. The highest BCUT2D eigenvalue weighted by Crippen LogP contribution is 2.58. The molecule has 56 heavy (non-hydrogen) atoms. The van der Waals surface area contributed by atoms with Crippen LogP contribution in [-0.2, 0) is 47.6 Å². The molecule has 2 aromatic carbocycles. The molecule has 4 aromatic rings. The number of hydrogen-bond acceptors (Lipinski definition) is 5. The van der Waals surface area contributed by atoms with Crippen molar-refractivity contribution >= 4 is 27.6 Å². The summed E-state index contributed by atoms with van der Waals surface area (Å²) in [5.74, 6) is 0.827. The summed E-state index contributed by atoms with van der Waals surface area (Å²) in [7, 11) is 15.9. The lowest BCUT2D eigenvalue weighted by atomic mass is 9.61. The molecule has 10 rings (SSSR count). The summed E-state index contributed by atoms with van der Waals surface area (Å²) < 4.78 is 25.5. The summed E-state index contributed by atoms with van der Waals surface area (Å²) in [5.41, 5.74) is 10.3. The summed E-state index contributed by atoms with van der Waals surface area (Å²) in [4.78, 5) is 12.8. The van der Waals surface area contributed by atoms with Crippen LogP contribution in [0.2, 0.25) is 0 Å². The third-order valence-electron chi connectivity index (χ3n) is 16.3. The fourth-order valence-electron chi connectivity index (χ4n) is 13.5. The smallest absolute Gasteiger partial charge is 0.166 e. The summed E-state index contributed by atoms with van der Waals surface area (Å²) >= 11 is 0. The van der Waals surface area contributed by atoms with Gasteiger partial charge in [-0.15, -0.1) is 0 Å². The number of likely N-dealkylation sites (N-methyl/N-ethyl adjacent to an activating group) is 2. The van der Waals surface area contributed by atoms with Crippen LogP contribution < -0.4 is 52.7 Å². The van der Waals surface area contributed by atoms with Gasteiger partial charge >= 0.3 is 0 Å². The Morgan fingerprint density at radius 3 is 2.18 bits per heavy atom. The lowest BCUT2D eigenvalue weighted by Gasteiger charge is -2.60. The summed E-state index contributed by atoms with van der Waals surface area (Å²) in [6.07, 6.45) is 6.35. The maximum absolute atomic E-state index is 12.8. The largest absolute Gasteiger partial charge is 1.00 e. The zero-order valence-corrected chi connectivity index (χ0v) is 38.6. The molecule has 11 heteroatoms. The third kappa shape index (κ3) is 5.44. The van der Waals surface area contributed by atoms with Gasteiger partial charge in [-0.25, -0.2) is 0 Å². The molecule has 0 spiro atoms. The topological polar surface area (TPSA) is 74.9 Å². The highest BCUT2D eigenvalue weighted by atomic mass is 127. The van der Waals surface area contributed by atoms with Crippen LogP contribution in [0.25, 0.3) is 21.8 Å². The predicted molar refractivity (Wildman–Crippen MR) is 209 cm³/mol. The van der Waals surface area contributed by atoms with Gasteiger partial charge in [0, 0.05) is 85.5 Å². The molecule has 6 aliphatic rings. The first-order chi connectivity index (χ1) is 25.6. The molecule has 3 saturated heterocycles. The number of piperidine rings is 2. The molecule has 9 nitrogen and oxygen atoms in total. The van der Waals surface area contributed by atoms with E-state index in [0.29, 0.717) is 55.5 Å². The van der Waals surface area contributed by atoms with Crippen molar-refractivity contribution in [3.8, 4) is 5.75 Å². The van der Waals surface area contributed by atoms with Gasteiger partial charge in [-0.05, 0) is 55.0 Å². The average Bonchev–Trinajstić information content (AvgIpc) is 3.54. The van der Waals surface area contributed by atoms with Gasteiger partial charge < -0.3 is 85.4 Å². The molecule has 6 aliphatic heterocycles. The molecule has 8 heterocycles. The van der Waals surface area contributed by atoms with E-state index >= 15 is 0 Å². The van der Waals surface area contributed by atoms with Crippen LogP contribution in [0.4, 0.5) is 0 Å². The van der Waals surface area contributed by atoms with E-state index in [1.54, 1.807) is 20.3 Å². The van der Waals surface area contributed by atoms with Gasteiger partial charge in [0.25, 0.3) is 0 Å². The van der Waals surface area contributed by atoms with Crippen LogP contribution >= 0.6 is 0 Å². The maximum Gasteiger partial charge on any atom is 0.166 e. The molecule has 0 saturated carbocycles. The Balaban J connectivity index is 0.00000220. The van der Waals surface area contributed by atoms with E-state index in [9.17, 15) is 9.90 Å². The number of aliphatic hydroxyl groups is 1. The summed E-state index contributed by atoms with van der Waals surface area (Å²) in [6.45, 7) is 4.84. The average molecular weight is 989 g/mol. The number of methoxy groups -OCH3 is 1. The number of Topliss-reactive ketones (excluding diaryl/α,β-unsaturated/α-hetero) is 1. The number of carbonyl (C=O) groups excluding carboxylic acids is 1. The Labute approximate surface area is 365 Å². The quantitative estimate of drug-likeness (QED) is 0.233. The molecule has 0 aliphatic carbocycles. The van der Waals surface area contributed by atoms with E-state index in [1.165, 1.54) is 44.3 Å². The van der Waals surface area contributed by atoms with E-state index < -0.39 is 5.79 Å². The predicted octanol–water partition coefficient (Wildman–Crippen LogP) is 0.144. The van der Waals surface area contributed by atoms with Gasteiger partial charge in [-0.3, -0.25) is 4.79 Å². The minimum Gasteiger partial charge on any atom is -1.00 e. The number of aromatic nitrogens is 2. The van der Waals surface area contributed by atoms with E-state index in [0.717, 1.165) is 51.5 Å². The first-order valence-corrected chi connectivity index (χ1v) is 20.2. The zero-order chi connectivity index (χ0) is 37.8. The number of ketones is 1. The van der Waals surface area contributed by atoms with Crippen molar-refractivity contribution < 1.29 is 81.0 Å². The van der Waals surface area contributed by atoms with Crippen LogP contribution in [0.5, 0.6) is 5.75 Å². The van der Waals surface area contributed by atoms with E-state index in [-0.39, 0.29) is 71.6 Å². The number of fused-ring (bicyclic) bond motifs is 16. The lowest BCUT2D eigenvalue weighted by molar-refractivity contribution is -0.959. The number of rotatable bonds is 4. The number of aryl methyl sites for hydroxylation is 2. The van der Waals surface area contributed by atoms with E-state index in [1.807, 2.05) is 6.92 Å². The van der Waals surface area contributed by atoms with Gasteiger partial charge in [0.2, 0.25) is 0 Å². The number of allylic oxidation sites excluding steroid dienone is 1. The molecule has 0 unspecified atom stereocenters. The van der Waals surface area contributed by atoms with Crippen LogP contribution in [0.3, 0.4) is 0 Å². The molecular formula is C45H58I2N4O5. The Bertz CT molecular complexity index is 2290. The first-order valence-electron chi connectivity index (χ1n) is 20.2. The molecular weight excluding hydrogens is 930 g/mol. The monoisotopic (exact) mass is 988 g/mol. The number of nitrogens with zero attached hydrogens (tertiary/aromatic N) is 4. The van der Waals surface area contributed by atoms with Crippen molar-refractivity contribution in [2.24, 2.45) is 43.7 Å². The van der Waals surface area contributed by atoms with Gasteiger partial charge in [0.1, 0.15) is 23.9 Å². The molecule has 302 valence electrons. The van der Waals surface area contributed by atoms with E-state index in [2.05, 4.69) is 87.8 Å². The normalized spacial score (nSPS) is 34.4. The lowest BCUT2D eigenvalue weighted by Crippen LogP contribution is -3.00. The molecule has 4 bridgehead atoms. The second kappa shape index (κ2) is 13.7. The van der Waals surface area contributed by atoms with E-state index in [4.69, 9.17) is 14.2 Å². The van der Waals surface area contributed by atoms with Crippen molar-refractivity contribution in [2.45, 2.75) is 75.9 Å². The Morgan fingerprint density at radius 2 is 1.50 bits per heavy atom. The van der Waals surface area contributed by atoms with Crippen molar-refractivity contribution in [3.63, 3.8) is 0 Å². The van der Waals surface area contributed by atoms with Gasteiger partial charge in [-0.2, -0.15) is 0 Å². The first kappa shape index (κ1) is 40.6. The fourth-order valence-corrected chi connectivity index (χ4v) is 13.5. The highest BCUT2D eigenvalue weighted by Gasteiger charge is 2.62. The molecule has 10 atom stereocenters. The van der Waals surface area contributed by atoms with Crippen molar-refractivity contribution in [1.29, 1.82) is 0 Å². The Morgan fingerprint density at radius 1 is 0.875 bits per heavy atom. The van der Waals surface area contributed by atoms with Gasteiger partial charge in [-0.1, -0.05) is 18.2 Å². The molecule has 2 aromatic heterocycles. The Kier molecular flexibility index (Phi) is 9.92. The standard InChI is InChI=1S/C45H58N4O5.2HI/c1-24(50)32-21-53-22-33-27(32)16-40-44-31(19-38(33)48(40,5)6)29-14-25(42(52-9)20-37(29)47(44)4)15-35-28-17-41-43-30(26-12-10-11-13-36(26)46(43)3)18-39(49(41,7)8)34(28)23-54-45(35,2)51;;/h10-14,20-21,27-28,33-35,38-41,51H,15-19,22-23H2,1-9H3;2*1H/q+2;;/p-2/t27-,28+,33+,34+,35-,38-,39-,40-,41-,45-;;/m0../s1. The highest BCUT2D eigenvalue weighted by molar-refractivity contribution is 5.94. The summed E-state index contributed by atoms with van der Waals surface area (Å²) in [6, 6.07) is 14.9. The molecule has 1 N–H and O–H groups in total. The number of carbonyl (C=O) groups is 1. The van der Waals surface area contributed by atoms with Crippen LogP contribution in [0, 0.1) is 29.6 Å². The molecule has 0 radical (unpaired) electrons. The SMILES string of the molecule is COc1cc2c(cc1C[C@H]1[C@@H]3C[C@H]4c5c(c6ccccc6n5C)C[C@@H]([C@@H]3CO[C@]1(C)O)[N+]4(C)C)c1c(n2C)[C@@H]2C[C@H]3C(C(C)=O)=COC[C@H]3[C@H](C1)[N+]2(C)C.[I-].[I-]. The van der Waals surface area contributed by atoms with Gasteiger partial charge in [0.15, 0.2) is 11.6 Å². The van der Waals surface area contributed by atoms with Crippen molar-refractivity contribution in [2.75, 3.05) is 48.5 Å².